The van der Waals surface area contributed by atoms with Gasteiger partial charge < -0.3 is 5.11 Å². The van der Waals surface area contributed by atoms with E-state index >= 15 is 0 Å². The van der Waals surface area contributed by atoms with Crippen molar-refractivity contribution in [1.82, 2.24) is 4.31 Å². The first-order valence-electron chi connectivity index (χ1n) is 7.29. The summed E-state index contributed by atoms with van der Waals surface area (Å²) < 4.78 is 27.5. The molecular weight excluding hydrogens is 310 g/mol. The first-order valence-corrected chi connectivity index (χ1v) is 9.11. The molecule has 1 saturated heterocycles. The molecule has 21 heavy (non-hydrogen) atoms. The molecule has 1 aliphatic rings. The van der Waals surface area contributed by atoms with E-state index in [1.54, 1.807) is 17.3 Å². The van der Waals surface area contributed by atoms with Gasteiger partial charge in [0.2, 0.25) is 10.0 Å². The molecule has 1 fully saturated rings. The summed E-state index contributed by atoms with van der Waals surface area (Å²) in [6.07, 6.45) is 3.89. The molecule has 0 aromatic heterocycles. The minimum atomic E-state index is -3.58. The zero-order chi connectivity index (χ0) is 15.6. The predicted octanol–water partition coefficient (Wildman–Crippen LogP) is 3.09. The lowest BCUT2D eigenvalue weighted by atomic mass is 10.1. The average molecular weight is 332 g/mol. The summed E-state index contributed by atoms with van der Waals surface area (Å²) >= 11 is 6.02. The second-order valence-electron chi connectivity index (χ2n) is 5.66. The van der Waals surface area contributed by atoms with Crippen molar-refractivity contribution >= 4 is 21.6 Å². The van der Waals surface area contributed by atoms with Gasteiger partial charge in [-0.2, -0.15) is 4.31 Å². The second kappa shape index (κ2) is 6.65. The van der Waals surface area contributed by atoms with E-state index < -0.39 is 10.0 Å². The van der Waals surface area contributed by atoms with E-state index in [4.69, 9.17) is 11.6 Å². The van der Waals surface area contributed by atoms with Crippen molar-refractivity contribution in [3.8, 4) is 0 Å². The lowest BCUT2D eigenvalue weighted by Gasteiger charge is -2.27. The first-order chi connectivity index (χ1) is 9.87. The largest absolute Gasteiger partial charge is 0.392 e. The highest BCUT2D eigenvalue weighted by atomic mass is 35.5. The highest BCUT2D eigenvalue weighted by molar-refractivity contribution is 7.89. The van der Waals surface area contributed by atoms with Crippen LogP contribution in [0.2, 0.25) is 5.02 Å². The van der Waals surface area contributed by atoms with Gasteiger partial charge in [-0.1, -0.05) is 24.4 Å². The van der Waals surface area contributed by atoms with Gasteiger partial charge in [-0.3, -0.25) is 0 Å². The number of hydrogen-bond donors (Lipinski definition) is 1. The molecule has 1 aliphatic heterocycles. The maximum atomic E-state index is 13.0. The molecular formula is C15H22ClNO3S. The fraction of sp³-hybridized carbons (Fsp3) is 0.600. The van der Waals surface area contributed by atoms with Crippen LogP contribution >= 0.6 is 11.6 Å². The van der Waals surface area contributed by atoms with E-state index in [0.29, 0.717) is 22.7 Å². The molecule has 0 radical (unpaired) electrons. The SMILES string of the molecule is Cc1c(CO)cc(Cl)cc1S(=O)(=O)N1CCCCCC1C. The molecule has 1 aromatic rings. The van der Waals surface area contributed by atoms with Gasteiger partial charge in [-0.05, 0) is 49.9 Å². The minimum Gasteiger partial charge on any atom is -0.392 e. The van der Waals surface area contributed by atoms with Gasteiger partial charge >= 0.3 is 0 Å². The fourth-order valence-electron chi connectivity index (χ4n) is 2.87. The Morgan fingerprint density at radius 2 is 2.05 bits per heavy atom. The van der Waals surface area contributed by atoms with Crippen LogP contribution in [0.1, 0.15) is 43.7 Å². The van der Waals surface area contributed by atoms with Crippen LogP contribution in [0.5, 0.6) is 0 Å². The van der Waals surface area contributed by atoms with Crippen LogP contribution in [0.15, 0.2) is 17.0 Å². The normalized spacial score (nSPS) is 21.2. The maximum Gasteiger partial charge on any atom is 0.243 e. The van der Waals surface area contributed by atoms with Gasteiger partial charge in [0.25, 0.3) is 0 Å². The van der Waals surface area contributed by atoms with E-state index in [9.17, 15) is 13.5 Å². The number of benzene rings is 1. The summed E-state index contributed by atoms with van der Waals surface area (Å²) in [5.74, 6) is 0. The number of aliphatic hydroxyl groups excluding tert-OH is 1. The molecule has 0 aliphatic carbocycles. The van der Waals surface area contributed by atoms with Crippen molar-refractivity contribution in [3.05, 3.63) is 28.3 Å². The fourth-order valence-corrected chi connectivity index (χ4v) is 5.17. The zero-order valence-corrected chi connectivity index (χ0v) is 14.0. The molecule has 1 N–H and O–H groups in total. The van der Waals surface area contributed by atoms with Gasteiger partial charge in [0.15, 0.2) is 0 Å². The Balaban J connectivity index is 2.50. The molecule has 1 atom stereocenters. The molecule has 1 unspecified atom stereocenters. The van der Waals surface area contributed by atoms with Crippen molar-refractivity contribution in [2.75, 3.05) is 6.54 Å². The second-order valence-corrected chi connectivity index (χ2v) is 7.96. The Labute approximate surface area is 131 Å². The van der Waals surface area contributed by atoms with Crippen LogP contribution in [0, 0.1) is 6.92 Å². The quantitative estimate of drug-likeness (QED) is 0.926. The van der Waals surface area contributed by atoms with E-state index in [1.165, 1.54) is 6.07 Å². The average Bonchev–Trinajstić information content (AvgIpc) is 2.65. The highest BCUT2D eigenvalue weighted by Crippen LogP contribution is 2.30. The third-order valence-electron chi connectivity index (χ3n) is 4.18. The lowest BCUT2D eigenvalue weighted by molar-refractivity contribution is 0.280. The molecule has 6 heteroatoms. The molecule has 1 heterocycles. The minimum absolute atomic E-state index is 0.00606. The summed E-state index contributed by atoms with van der Waals surface area (Å²) in [7, 11) is -3.58. The van der Waals surface area contributed by atoms with E-state index in [-0.39, 0.29) is 17.5 Å². The van der Waals surface area contributed by atoms with E-state index in [1.807, 2.05) is 6.92 Å². The van der Waals surface area contributed by atoms with Gasteiger partial charge in [-0.15, -0.1) is 0 Å². The van der Waals surface area contributed by atoms with E-state index in [0.717, 1.165) is 25.7 Å². The number of hydrogen-bond acceptors (Lipinski definition) is 3. The summed E-state index contributed by atoms with van der Waals surface area (Å²) in [6.45, 7) is 4.00. The van der Waals surface area contributed by atoms with Gasteiger partial charge in [-0.25, -0.2) is 8.42 Å². The van der Waals surface area contributed by atoms with Crippen LogP contribution in [0.3, 0.4) is 0 Å². The monoisotopic (exact) mass is 331 g/mol. The molecule has 118 valence electrons. The summed E-state index contributed by atoms with van der Waals surface area (Å²) in [6, 6.07) is 3.10. The lowest BCUT2D eigenvalue weighted by Crippen LogP contribution is -2.38. The highest BCUT2D eigenvalue weighted by Gasteiger charge is 2.31. The van der Waals surface area contributed by atoms with Crippen LogP contribution in [0.4, 0.5) is 0 Å². The van der Waals surface area contributed by atoms with Crippen molar-refractivity contribution < 1.29 is 13.5 Å². The van der Waals surface area contributed by atoms with Gasteiger partial charge in [0.05, 0.1) is 11.5 Å². The third kappa shape index (κ3) is 3.42. The smallest absolute Gasteiger partial charge is 0.243 e. The summed E-state index contributed by atoms with van der Waals surface area (Å²) in [5, 5.41) is 9.71. The molecule has 0 spiro atoms. The Kier molecular flexibility index (Phi) is 5.30. The predicted molar refractivity (Wildman–Crippen MR) is 83.9 cm³/mol. The van der Waals surface area contributed by atoms with Gasteiger partial charge in [0, 0.05) is 17.6 Å². The number of halogens is 1. The van der Waals surface area contributed by atoms with Crippen LogP contribution in [0.25, 0.3) is 0 Å². The third-order valence-corrected chi connectivity index (χ3v) is 6.54. The number of sulfonamides is 1. The Bertz CT molecular complexity index is 616. The zero-order valence-electron chi connectivity index (χ0n) is 12.5. The van der Waals surface area contributed by atoms with Crippen molar-refractivity contribution in [2.24, 2.45) is 0 Å². The van der Waals surface area contributed by atoms with Gasteiger partial charge in [0.1, 0.15) is 0 Å². The standard InChI is InChI=1S/C15H22ClNO3S/c1-11-6-4-3-5-7-17(11)21(19,20)15-9-14(16)8-13(10-18)12(15)2/h8-9,11,18H,3-7,10H2,1-2H3. The molecule has 0 saturated carbocycles. The van der Waals surface area contributed by atoms with Crippen LogP contribution in [-0.4, -0.2) is 30.4 Å². The molecule has 0 amide bonds. The molecule has 2 rings (SSSR count). The van der Waals surface area contributed by atoms with Crippen molar-refractivity contribution in [3.63, 3.8) is 0 Å². The van der Waals surface area contributed by atoms with Crippen LogP contribution in [-0.2, 0) is 16.6 Å². The topological polar surface area (TPSA) is 57.6 Å². The Hall–Kier alpha value is -0.620. The van der Waals surface area contributed by atoms with Crippen LogP contribution < -0.4 is 0 Å². The number of rotatable bonds is 3. The molecule has 0 bridgehead atoms. The van der Waals surface area contributed by atoms with Crippen molar-refractivity contribution in [2.45, 2.75) is 57.1 Å². The molecule has 1 aromatic carbocycles. The van der Waals surface area contributed by atoms with E-state index in [2.05, 4.69) is 0 Å². The Morgan fingerprint density at radius 3 is 2.71 bits per heavy atom. The maximum absolute atomic E-state index is 13.0. The summed E-state index contributed by atoms with van der Waals surface area (Å²) in [5.41, 5.74) is 1.14. The number of aliphatic hydroxyl groups is 1. The first kappa shape index (κ1) is 16.7. The van der Waals surface area contributed by atoms with Crippen molar-refractivity contribution in [1.29, 1.82) is 0 Å². The molecule has 4 nitrogen and oxygen atoms in total. The number of nitrogens with zero attached hydrogens (tertiary/aromatic N) is 1. The summed E-state index contributed by atoms with van der Waals surface area (Å²) in [4.78, 5) is 0.216. The Morgan fingerprint density at radius 1 is 1.33 bits per heavy atom.